The number of aromatic nitrogens is 2. The number of carbonyl (C=O) groups excluding carboxylic acids is 1. The standard InChI is InChI=1S/C25H26FN3O5S2/c1-2-3-10-34-15-6-9-17(19(26)11-15)20-12-18(25-27-13-21(35-25)14-4-5-14)22(23(30)28-20)24(31)29-36(32,33)16-7-8-16/h6,9,11-14,16H,2-5,7-8,10H2,1H3,(H,28,30)(H,29,31). The van der Waals surface area contributed by atoms with Gasteiger partial charge in [0.2, 0.25) is 10.0 Å². The van der Waals surface area contributed by atoms with Crippen LogP contribution in [-0.2, 0) is 10.0 Å². The lowest BCUT2D eigenvalue weighted by atomic mass is 10.0. The Balaban J connectivity index is 1.55. The molecule has 1 amide bonds. The lowest BCUT2D eigenvalue weighted by Crippen LogP contribution is -2.37. The van der Waals surface area contributed by atoms with E-state index in [1.165, 1.54) is 29.5 Å². The van der Waals surface area contributed by atoms with Gasteiger partial charge in [-0.15, -0.1) is 11.3 Å². The van der Waals surface area contributed by atoms with Crippen LogP contribution < -0.4 is 15.0 Å². The Morgan fingerprint density at radius 2 is 2.00 bits per heavy atom. The number of hydrogen-bond acceptors (Lipinski definition) is 7. The first kappa shape index (κ1) is 24.6. The van der Waals surface area contributed by atoms with Crippen molar-refractivity contribution in [2.45, 2.75) is 56.6 Å². The largest absolute Gasteiger partial charge is 0.493 e. The predicted molar refractivity (Wildman–Crippen MR) is 135 cm³/mol. The molecule has 1 aromatic carbocycles. The summed E-state index contributed by atoms with van der Waals surface area (Å²) in [5, 5.41) is -0.227. The molecule has 11 heteroatoms. The van der Waals surface area contributed by atoms with Gasteiger partial charge in [-0.3, -0.25) is 9.59 Å². The third-order valence-electron chi connectivity index (χ3n) is 6.19. The minimum absolute atomic E-state index is 0.118. The SMILES string of the molecule is CCCCOc1ccc(-c2cc(-c3ncc(C4CC4)s3)c(C(=O)NS(=O)(=O)C3CC3)c(=O)[nH]2)c(F)c1. The third kappa shape index (κ3) is 5.22. The van der Waals surface area contributed by atoms with Gasteiger partial charge in [0.1, 0.15) is 22.1 Å². The molecule has 2 aliphatic carbocycles. The molecule has 2 fully saturated rings. The van der Waals surface area contributed by atoms with Crippen LogP contribution in [-0.4, -0.2) is 36.1 Å². The highest BCUT2D eigenvalue weighted by Crippen LogP contribution is 2.44. The van der Waals surface area contributed by atoms with Crippen LogP contribution in [0.1, 0.15) is 66.6 Å². The van der Waals surface area contributed by atoms with Crippen molar-refractivity contribution in [2.75, 3.05) is 6.61 Å². The maximum Gasteiger partial charge on any atom is 0.271 e. The van der Waals surface area contributed by atoms with Crippen molar-refractivity contribution in [1.29, 1.82) is 0 Å². The van der Waals surface area contributed by atoms with Crippen LogP contribution in [0.3, 0.4) is 0 Å². The quantitative estimate of drug-likeness (QED) is 0.370. The maximum absolute atomic E-state index is 15.0. The van der Waals surface area contributed by atoms with E-state index in [9.17, 15) is 18.0 Å². The Hall–Kier alpha value is -3.05. The van der Waals surface area contributed by atoms with Crippen LogP contribution in [0.4, 0.5) is 4.39 Å². The number of nitrogens with one attached hydrogen (secondary N) is 2. The molecule has 0 saturated heterocycles. The van der Waals surface area contributed by atoms with E-state index in [0.29, 0.717) is 36.1 Å². The molecule has 0 unspecified atom stereocenters. The van der Waals surface area contributed by atoms with Crippen LogP contribution >= 0.6 is 11.3 Å². The molecule has 0 atom stereocenters. The summed E-state index contributed by atoms with van der Waals surface area (Å²) < 4.78 is 47.4. The van der Waals surface area contributed by atoms with E-state index in [1.54, 1.807) is 12.3 Å². The van der Waals surface area contributed by atoms with Crippen molar-refractivity contribution < 1.29 is 22.3 Å². The fourth-order valence-electron chi connectivity index (χ4n) is 3.85. The number of ether oxygens (including phenoxy) is 1. The minimum Gasteiger partial charge on any atom is -0.493 e. The number of unbranched alkanes of at least 4 members (excludes halogenated alkanes) is 1. The molecule has 0 aliphatic heterocycles. The summed E-state index contributed by atoms with van der Waals surface area (Å²) in [6.45, 7) is 2.50. The van der Waals surface area contributed by atoms with Gasteiger partial charge in [-0.2, -0.15) is 0 Å². The molecule has 5 rings (SSSR count). The van der Waals surface area contributed by atoms with Crippen LogP contribution in [0.5, 0.6) is 5.75 Å². The van der Waals surface area contributed by atoms with E-state index < -0.39 is 32.6 Å². The molecule has 2 heterocycles. The summed E-state index contributed by atoms with van der Waals surface area (Å²) >= 11 is 1.35. The molecule has 0 bridgehead atoms. The first-order valence-electron chi connectivity index (χ1n) is 12.0. The van der Waals surface area contributed by atoms with Crippen molar-refractivity contribution in [3.63, 3.8) is 0 Å². The zero-order chi connectivity index (χ0) is 25.4. The van der Waals surface area contributed by atoms with Gasteiger partial charge < -0.3 is 9.72 Å². The molecule has 2 saturated carbocycles. The summed E-state index contributed by atoms with van der Waals surface area (Å²) in [6.07, 6.45) is 6.55. The monoisotopic (exact) mass is 531 g/mol. The number of sulfonamides is 1. The molecular weight excluding hydrogens is 505 g/mol. The summed E-state index contributed by atoms with van der Waals surface area (Å²) in [4.78, 5) is 34.2. The van der Waals surface area contributed by atoms with Gasteiger partial charge in [0.05, 0.1) is 17.6 Å². The third-order valence-corrected chi connectivity index (χ3v) is 9.20. The second-order valence-corrected chi connectivity index (χ2v) is 12.2. The molecule has 36 heavy (non-hydrogen) atoms. The smallest absolute Gasteiger partial charge is 0.271 e. The molecule has 8 nitrogen and oxygen atoms in total. The number of thiazole rings is 1. The van der Waals surface area contributed by atoms with Crippen molar-refractivity contribution in [3.05, 3.63) is 57.1 Å². The van der Waals surface area contributed by atoms with Crippen molar-refractivity contribution in [1.82, 2.24) is 14.7 Å². The van der Waals surface area contributed by atoms with E-state index in [1.807, 2.05) is 11.6 Å². The molecule has 0 spiro atoms. The minimum atomic E-state index is -3.88. The highest BCUT2D eigenvalue weighted by Gasteiger charge is 2.38. The molecule has 3 aromatic rings. The second kappa shape index (κ2) is 9.78. The number of carbonyl (C=O) groups is 1. The van der Waals surface area contributed by atoms with E-state index in [2.05, 4.69) is 9.97 Å². The second-order valence-electron chi connectivity index (χ2n) is 9.16. The maximum atomic E-state index is 15.0. The fraction of sp³-hybridized carbons (Fsp3) is 0.400. The van der Waals surface area contributed by atoms with Crippen molar-refractivity contribution in [2.24, 2.45) is 0 Å². The van der Waals surface area contributed by atoms with Crippen molar-refractivity contribution >= 4 is 27.3 Å². The number of pyridine rings is 1. The lowest BCUT2D eigenvalue weighted by Gasteiger charge is -2.12. The van der Waals surface area contributed by atoms with Gasteiger partial charge in [-0.1, -0.05) is 13.3 Å². The summed E-state index contributed by atoms with van der Waals surface area (Å²) in [5.41, 5.74) is -0.752. The Bertz CT molecular complexity index is 1470. The van der Waals surface area contributed by atoms with E-state index in [4.69, 9.17) is 4.74 Å². The van der Waals surface area contributed by atoms with E-state index >= 15 is 4.39 Å². The van der Waals surface area contributed by atoms with Gasteiger partial charge in [0, 0.05) is 28.3 Å². The van der Waals surface area contributed by atoms with Crippen LogP contribution in [0.15, 0.2) is 35.3 Å². The summed E-state index contributed by atoms with van der Waals surface area (Å²) in [5.74, 6) is -0.838. The van der Waals surface area contributed by atoms with E-state index in [-0.39, 0.29) is 22.4 Å². The number of benzene rings is 1. The Labute approximate surface area is 212 Å². The lowest BCUT2D eigenvalue weighted by molar-refractivity contribution is 0.0980. The number of rotatable bonds is 10. The number of amides is 1. The van der Waals surface area contributed by atoms with Gasteiger partial charge in [0.25, 0.3) is 11.5 Å². The van der Waals surface area contributed by atoms with Gasteiger partial charge in [-0.05, 0) is 56.2 Å². The number of hydrogen-bond donors (Lipinski definition) is 2. The fourth-order valence-corrected chi connectivity index (χ4v) is 6.24. The zero-order valence-corrected chi connectivity index (χ0v) is 21.3. The molecular formula is C25H26FN3O5S2. The van der Waals surface area contributed by atoms with Crippen LogP contribution in [0, 0.1) is 5.82 Å². The summed E-state index contributed by atoms with van der Waals surface area (Å²) in [7, 11) is -3.88. The van der Waals surface area contributed by atoms with Crippen molar-refractivity contribution in [3.8, 4) is 27.6 Å². The molecule has 2 aromatic heterocycles. The highest BCUT2D eigenvalue weighted by molar-refractivity contribution is 7.91. The van der Waals surface area contributed by atoms with E-state index in [0.717, 1.165) is 30.6 Å². The molecule has 190 valence electrons. The molecule has 0 radical (unpaired) electrons. The number of H-pyrrole nitrogens is 1. The Morgan fingerprint density at radius 3 is 2.67 bits per heavy atom. The van der Waals surface area contributed by atoms with Crippen LogP contribution in [0.2, 0.25) is 0 Å². The first-order chi connectivity index (χ1) is 17.3. The highest BCUT2D eigenvalue weighted by atomic mass is 32.2. The summed E-state index contributed by atoms with van der Waals surface area (Å²) in [6, 6.07) is 5.84. The average molecular weight is 532 g/mol. The predicted octanol–water partition coefficient (Wildman–Crippen LogP) is 4.58. The topological polar surface area (TPSA) is 118 Å². The zero-order valence-electron chi connectivity index (χ0n) is 19.7. The number of nitrogens with zero attached hydrogens (tertiary/aromatic N) is 1. The normalized spacial score (nSPS) is 15.6. The average Bonchev–Trinajstić information content (AvgIpc) is 3.76. The Kier molecular flexibility index (Phi) is 6.69. The number of aromatic amines is 1. The van der Waals surface area contributed by atoms with Gasteiger partial charge >= 0.3 is 0 Å². The number of halogens is 1. The van der Waals surface area contributed by atoms with Gasteiger partial charge in [-0.25, -0.2) is 22.5 Å². The van der Waals surface area contributed by atoms with Crippen LogP contribution in [0.25, 0.3) is 21.8 Å². The molecule has 2 N–H and O–H groups in total. The first-order valence-corrected chi connectivity index (χ1v) is 14.3. The molecule has 2 aliphatic rings. The Morgan fingerprint density at radius 1 is 1.22 bits per heavy atom. The van der Waals surface area contributed by atoms with Gasteiger partial charge in [0.15, 0.2) is 0 Å².